The van der Waals surface area contributed by atoms with Crippen molar-refractivity contribution in [1.29, 1.82) is 0 Å². The van der Waals surface area contributed by atoms with Crippen LogP contribution in [-0.2, 0) is 11.5 Å². The number of benzene rings is 2. The molecule has 0 radical (unpaired) electrons. The first-order chi connectivity index (χ1) is 11.2. The van der Waals surface area contributed by atoms with Crippen molar-refractivity contribution in [2.24, 2.45) is 0 Å². The third kappa shape index (κ3) is 2.03. The van der Waals surface area contributed by atoms with E-state index < -0.39 is 5.97 Å². The van der Waals surface area contributed by atoms with Gasteiger partial charge in [0.15, 0.2) is 5.65 Å². The van der Waals surface area contributed by atoms with Crippen LogP contribution in [0.25, 0.3) is 33.1 Å². The monoisotopic (exact) mass is 307 g/mol. The van der Waals surface area contributed by atoms with Gasteiger partial charge in [-0.05, 0) is 24.3 Å². The van der Waals surface area contributed by atoms with E-state index in [1.54, 1.807) is 25.3 Å². The molecular formula is C17H13N3O3. The molecule has 0 aliphatic rings. The smallest absolute Gasteiger partial charge is 0.335 e. The molecule has 114 valence electrons. The molecule has 6 heteroatoms. The largest absolute Gasteiger partial charge is 0.478 e. The maximum atomic E-state index is 11.1. The number of fused-ring (bicyclic) bond motifs is 4. The molecule has 2 heterocycles. The Morgan fingerprint density at radius 3 is 2.78 bits per heavy atom. The SMILES string of the molecule is COCn1c2ccccc2c2nc3ccc(C(=O)O)cc3nc21. The predicted molar refractivity (Wildman–Crippen MR) is 86.5 cm³/mol. The fourth-order valence-electron chi connectivity index (χ4n) is 2.83. The normalized spacial score (nSPS) is 11.5. The second-order valence-electron chi connectivity index (χ2n) is 5.27. The van der Waals surface area contributed by atoms with Crippen molar-refractivity contribution in [3.05, 3.63) is 48.0 Å². The summed E-state index contributed by atoms with van der Waals surface area (Å²) in [5, 5.41) is 10.1. The molecule has 0 aliphatic carbocycles. The van der Waals surface area contributed by atoms with Crippen molar-refractivity contribution in [2.45, 2.75) is 6.73 Å². The third-order valence-electron chi connectivity index (χ3n) is 3.86. The first-order valence-electron chi connectivity index (χ1n) is 7.10. The first kappa shape index (κ1) is 13.7. The minimum absolute atomic E-state index is 0.195. The summed E-state index contributed by atoms with van der Waals surface area (Å²) in [7, 11) is 1.62. The van der Waals surface area contributed by atoms with Crippen molar-refractivity contribution in [3.8, 4) is 0 Å². The summed E-state index contributed by atoms with van der Waals surface area (Å²) in [6.07, 6.45) is 0. The molecule has 0 saturated heterocycles. The number of rotatable bonds is 3. The van der Waals surface area contributed by atoms with E-state index >= 15 is 0 Å². The van der Waals surface area contributed by atoms with Gasteiger partial charge in [-0.15, -0.1) is 0 Å². The Kier molecular flexibility index (Phi) is 2.99. The Bertz CT molecular complexity index is 1070. The minimum Gasteiger partial charge on any atom is -0.478 e. The molecule has 0 saturated carbocycles. The van der Waals surface area contributed by atoms with E-state index in [1.165, 1.54) is 0 Å². The van der Waals surface area contributed by atoms with Crippen LogP contribution in [0.4, 0.5) is 0 Å². The van der Waals surface area contributed by atoms with Gasteiger partial charge < -0.3 is 9.84 Å². The molecule has 23 heavy (non-hydrogen) atoms. The van der Waals surface area contributed by atoms with Gasteiger partial charge in [-0.2, -0.15) is 0 Å². The number of aromatic carboxylic acids is 1. The molecule has 0 bridgehead atoms. The lowest BCUT2D eigenvalue weighted by molar-refractivity contribution is 0.0697. The van der Waals surface area contributed by atoms with Crippen molar-refractivity contribution in [1.82, 2.24) is 14.5 Å². The zero-order chi connectivity index (χ0) is 16.0. The molecule has 4 rings (SSSR count). The number of carbonyl (C=O) groups is 1. The van der Waals surface area contributed by atoms with Crippen LogP contribution in [0.5, 0.6) is 0 Å². The molecule has 0 fully saturated rings. The summed E-state index contributed by atoms with van der Waals surface area (Å²) < 4.78 is 7.21. The fraction of sp³-hybridized carbons (Fsp3) is 0.118. The predicted octanol–water partition coefficient (Wildman–Crippen LogP) is 3.04. The van der Waals surface area contributed by atoms with E-state index in [0.29, 0.717) is 23.4 Å². The van der Waals surface area contributed by atoms with Crippen LogP contribution < -0.4 is 0 Å². The van der Waals surface area contributed by atoms with Crippen molar-refractivity contribution < 1.29 is 14.6 Å². The van der Waals surface area contributed by atoms with Gasteiger partial charge in [-0.1, -0.05) is 18.2 Å². The number of carboxylic acid groups (broad SMARTS) is 1. The number of nitrogens with zero attached hydrogens (tertiary/aromatic N) is 3. The van der Waals surface area contributed by atoms with Gasteiger partial charge in [0.1, 0.15) is 12.2 Å². The number of hydrogen-bond donors (Lipinski definition) is 1. The zero-order valence-electron chi connectivity index (χ0n) is 12.4. The van der Waals surface area contributed by atoms with Crippen LogP contribution in [-0.4, -0.2) is 32.7 Å². The van der Waals surface area contributed by atoms with Gasteiger partial charge in [-0.25, -0.2) is 14.8 Å². The summed E-state index contributed by atoms with van der Waals surface area (Å²) in [5.41, 5.74) is 3.87. The molecule has 0 aliphatic heterocycles. The number of aromatic nitrogens is 3. The Morgan fingerprint density at radius 1 is 1.17 bits per heavy atom. The highest BCUT2D eigenvalue weighted by Gasteiger charge is 2.14. The molecule has 0 unspecified atom stereocenters. The Hall–Kier alpha value is -2.99. The van der Waals surface area contributed by atoms with Crippen molar-refractivity contribution in [2.75, 3.05) is 7.11 Å². The molecule has 6 nitrogen and oxygen atoms in total. The molecule has 2 aromatic heterocycles. The van der Waals surface area contributed by atoms with E-state index in [4.69, 9.17) is 9.84 Å². The van der Waals surface area contributed by atoms with Crippen molar-refractivity contribution >= 4 is 39.1 Å². The van der Waals surface area contributed by atoms with Crippen LogP contribution in [0.3, 0.4) is 0 Å². The van der Waals surface area contributed by atoms with Gasteiger partial charge >= 0.3 is 5.97 Å². The lowest BCUT2D eigenvalue weighted by Gasteiger charge is -2.05. The van der Waals surface area contributed by atoms with Crippen LogP contribution in [0.1, 0.15) is 10.4 Å². The molecule has 0 amide bonds. The average Bonchev–Trinajstić information content (AvgIpc) is 2.86. The standard InChI is InChI=1S/C17H13N3O3/c1-23-9-20-14-5-3-2-4-11(14)15-16(20)19-13-8-10(17(21)22)6-7-12(13)18-15/h2-8H,9H2,1H3,(H,21,22). The Balaban J connectivity index is 2.13. The summed E-state index contributed by atoms with van der Waals surface area (Å²) in [6, 6.07) is 12.7. The number of ether oxygens (including phenoxy) is 1. The molecule has 1 N–H and O–H groups in total. The van der Waals surface area contributed by atoms with E-state index in [-0.39, 0.29) is 5.56 Å². The minimum atomic E-state index is -0.980. The Morgan fingerprint density at radius 2 is 2.00 bits per heavy atom. The highest BCUT2D eigenvalue weighted by atomic mass is 16.5. The Labute approximate surface area is 130 Å². The van der Waals surface area contributed by atoms with E-state index in [2.05, 4.69) is 9.97 Å². The van der Waals surface area contributed by atoms with Gasteiger partial charge in [-0.3, -0.25) is 4.57 Å². The topological polar surface area (TPSA) is 77.2 Å². The number of para-hydroxylation sites is 1. The van der Waals surface area contributed by atoms with Gasteiger partial charge in [0.2, 0.25) is 0 Å². The number of methoxy groups -OCH3 is 1. The van der Waals surface area contributed by atoms with E-state index in [0.717, 1.165) is 16.4 Å². The summed E-state index contributed by atoms with van der Waals surface area (Å²) >= 11 is 0. The maximum Gasteiger partial charge on any atom is 0.335 e. The van der Waals surface area contributed by atoms with Crippen LogP contribution in [0.2, 0.25) is 0 Å². The molecule has 4 aromatic rings. The molecule has 0 atom stereocenters. The lowest BCUT2D eigenvalue weighted by atomic mass is 10.2. The quantitative estimate of drug-likeness (QED) is 0.629. The van der Waals surface area contributed by atoms with Gasteiger partial charge in [0.25, 0.3) is 0 Å². The first-order valence-corrected chi connectivity index (χ1v) is 7.10. The summed E-state index contributed by atoms with van der Waals surface area (Å²) in [6.45, 7) is 0.350. The number of carboxylic acids is 1. The lowest BCUT2D eigenvalue weighted by Crippen LogP contribution is -2.01. The second kappa shape index (κ2) is 5.03. The molecule has 2 aromatic carbocycles. The van der Waals surface area contributed by atoms with Crippen LogP contribution in [0.15, 0.2) is 42.5 Å². The highest BCUT2D eigenvalue weighted by Crippen LogP contribution is 2.28. The second-order valence-corrected chi connectivity index (χ2v) is 5.27. The van der Waals surface area contributed by atoms with Crippen LogP contribution in [0, 0.1) is 0 Å². The maximum absolute atomic E-state index is 11.1. The van der Waals surface area contributed by atoms with E-state index in [1.807, 2.05) is 28.8 Å². The van der Waals surface area contributed by atoms with Crippen molar-refractivity contribution in [3.63, 3.8) is 0 Å². The highest BCUT2D eigenvalue weighted by molar-refractivity contribution is 6.06. The van der Waals surface area contributed by atoms with Crippen LogP contribution >= 0.6 is 0 Å². The van der Waals surface area contributed by atoms with E-state index in [9.17, 15) is 4.79 Å². The summed E-state index contributed by atoms with van der Waals surface area (Å²) in [4.78, 5) is 20.5. The third-order valence-corrected chi connectivity index (χ3v) is 3.86. The van der Waals surface area contributed by atoms with Gasteiger partial charge in [0.05, 0.1) is 22.1 Å². The van der Waals surface area contributed by atoms with Gasteiger partial charge in [0, 0.05) is 12.5 Å². The molecular weight excluding hydrogens is 294 g/mol. The fourth-order valence-corrected chi connectivity index (χ4v) is 2.83. The number of hydrogen-bond acceptors (Lipinski definition) is 4. The summed E-state index contributed by atoms with van der Waals surface area (Å²) in [5.74, 6) is -0.980. The average molecular weight is 307 g/mol. The molecule has 0 spiro atoms. The zero-order valence-corrected chi connectivity index (χ0v) is 12.4.